The molecule has 0 unspecified atom stereocenters. The van der Waals surface area contributed by atoms with Gasteiger partial charge in [-0.2, -0.15) is 0 Å². The molecule has 0 fully saturated rings. The van der Waals surface area contributed by atoms with Crippen molar-refractivity contribution >= 4 is 39.6 Å². The van der Waals surface area contributed by atoms with Crippen LogP contribution in [0.4, 0.5) is 5.69 Å². The van der Waals surface area contributed by atoms with E-state index in [4.69, 9.17) is 14.2 Å². The fraction of sp³-hybridized carbons (Fsp3) is 0.217. The molecule has 3 rings (SSSR count). The molecule has 156 valence electrons. The third-order valence-corrected chi connectivity index (χ3v) is 5.23. The van der Waals surface area contributed by atoms with Gasteiger partial charge in [0.2, 0.25) is 0 Å². The fourth-order valence-electron chi connectivity index (χ4n) is 3.36. The quantitative estimate of drug-likeness (QED) is 0.449. The molecule has 0 radical (unpaired) electrons. The van der Waals surface area contributed by atoms with E-state index in [1.807, 2.05) is 24.3 Å². The first-order chi connectivity index (χ1) is 14.4. The van der Waals surface area contributed by atoms with E-state index in [9.17, 15) is 9.59 Å². The maximum absolute atomic E-state index is 13.4. The van der Waals surface area contributed by atoms with Gasteiger partial charge in [-0.25, -0.2) is 4.79 Å². The summed E-state index contributed by atoms with van der Waals surface area (Å²) in [5.41, 5.74) is 2.25. The number of carbonyl (C=O) groups excluding carboxylic acids is 2. The summed E-state index contributed by atoms with van der Waals surface area (Å²) < 4.78 is 16.9. The van der Waals surface area contributed by atoms with Crippen molar-refractivity contribution in [1.82, 2.24) is 0 Å². The minimum absolute atomic E-state index is 0.206. The molecule has 30 heavy (non-hydrogen) atoms. The molecule has 0 spiro atoms. The first kappa shape index (κ1) is 21.6. The summed E-state index contributed by atoms with van der Waals surface area (Å²) in [6.07, 6.45) is 1.64. The Hall–Kier alpha value is -3.06. The SMILES string of the molecule is CCOC(=O)C1=C(C)N(c2ccc(Br)cc2)C(=O)/C1=C\c1cccc(OC)c1OC. The van der Waals surface area contributed by atoms with Crippen molar-refractivity contribution in [1.29, 1.82) is 0 Å². The lowest BCUT2D eigenvalue weighted by Crippen LogP contribution is -2.24. The normalized spacial score (nSPS) is 15.0. The second-order valence-corrected chi connectivity index (χ2v) is 7.35. The zero-order valence-corrected chi connectivity index (χ0v) is 18.8. The predicted octanol–water partition coefficient (Wildman–Crippen LogP) is 4.73. The van der Waals surface area contributed by atoms with Crippen molar-refractivity contribution in [2.75, 3.05) is 25.7 Å². The average molecular weight is 472 g/mol. The molecule has 0 saturated carbocycles. The number of amides is 1. The number of allylic oxidation sites excluding steroid dienone is 1. The maximum atomic E-state index is 13.4. The zero-order chi connectivity index (χ0) is 21.8. The van der Waals surface area contributed by atoms with Crippen molar-refractivity contribution in [3.63, 3.8) is 0 Å². The molecule has 2 aromatic rings. The van der Waals surface area contributed by atoms with E-state index in [-0.39, 0.29) is 23.7 Å². The van der Waals surface area contributed by atoms with Crippen LogP contribution in [0.15, 0.2) is 63.8 Å². The third-order valence-electron chi connectivity index (χ3n) is 4.70. The Morgan fingerprint density at radius 1 is 1.10 bits per heavy atom. The van der Waals surface area contributed by atoms with Crippen LogP contribution in [0.1, 0.15) is 19.4 Å². The Kier molecular flexibility index (Phi) is 6.62. The van der Waals surface area contributed by atoms with Crippen LogP contribution < -0.4 is 14.4 Å². The van der Waals surface area contributed by atoms with Crippen molar-refractivity contribution < 1.29 is 23.8 Å². The molecule has 6 nitrogen and oxygen atoms in total. The van der Waals surface area contributed by atoms with Crippen LogP contribution in [0.3, 0.4) is 0 Å². The number of carbonyl (C=O) groups is 2. The van der Waals surface area contributed by atoms with Crippen LogP contribution in [0.25, 0.3) is 6.08 Å². The highest BCUT2D eigenvalue weighted by Crippen LogP contribution is 2.38. The minimum atomic E-state index is -0.545. The van der Waals surface area contributed by atoms with Gasteiger partial charge in [0.1, 0.15) is 0 Å². The van der Waals surface area contributed by atoms with Crippen LogP contribution in [-0.4, -0.2) is 32.7 Å². The summed E-state index contributed by atoms with van der Waals surface area (Å²) >= 11 is 3.40. The second-order valence-electron chi connectivity index (χ2n) is 6.44. The van der Waals surface area contributed by atoms with E-state index >= 15 is 0 Å². The number of methoxy groups -OCH3 is 2. The molecule has 0 bridgehead atoms. The van der Waals surface area contributed by atoms with Gasteiger partial charge in [-0.15, -0.1) is 0 Å². The van der Waals surface area contributed by atoms with E-state index < -0.39 is 5.97 Å². The molecule has 1 aliphatic heterocycles. The number of esters is 1. The van der Waals surface area contributed by atoms with E-state index in [2.05, 4.69) is 15.9 Å². The molecule has 1 amide bonds. The van der Waals surface area contributed by atoms with Crippen LogP contribution in [-0.2, 0) is 14.3 Å². The Balaban J connectivity index is 2.18. The van der Waals surface area contributed by atoms with Crippen molar-refractivity contribution in [2.24, 2.45) is 0 Å². The standard InChI is InChI=1S/C23H22BrNO5/c1-5-30-23(27)20-14(2)25(17-11-9-16(24)10-12-17)22(26)18(20)13-15-7-6-8-19(28-3)21(15)29-4/h6-13H,5H2,1-4H3/b18-13-. The second kappa shape index (κ2) is 9.17. The van der Waals surface area contributed by atoms with Gasteiger partial charge < -0.3 is 14.2 Å². The molecule has 0 saturated heterocycles. The number of para-hydroxylation sites is 1. The first-order valence-corrected chi connectivity index (χ1v) is 10.1. The van der Waals surface area contributed by atoms with Gasteiger partial charge in [0.05, 0.1) is 32.0 Å². The summed E-state index contributed by atoms with van der Waals surface area (Å²) in [6.45, 7) is 3.67. The molecule has 1 heterocycles. The van der Waals surface area contributed by atoms with Crippen LogP contribution in [0.2, 0.25) is 0 Å². The Morgan fingerprint density at radius 3 is 2.40 bits per heavy atom. The number of benzene rings is 2. The summed E-state index contributed by atoms with van der Waals surface area (Å²) in [4.78, 5) is 27.7. The van der Waals surface area contributed by atoms with Gasteiger partial charge in [0.15, 0.2) is 11.5 Å². The number of hydrogen-bond donors (Lipinski definition) is 0. The topological polar surface area (TPSA) is 65.1 Å². The molecular formula is C23H22BrNO5. The van der Waals surface area contributed by atoms with Crippen molar-refractivity contribution in [2.45, 2.75) is 13.8 Å². The van der Waals surface area contributed by atoms with Crippen molar-refractivity contribution in [3.05, 3.63) is 69.3 Å². The number of rotatable bonds is 6. The zero-order valence-electron chi connectivity index (χ0n) is 17.2. The highest BCUT2D eigenvalue weighted by Gasteiger charge is 2.38. The van der Waals surface area contributed by atoms with Crippen LogP contribution in [0.5, 0.6) is 11.5 Å². The van der Waals surface area contributed by atoms with Crippen LogP contribution in [0, 0.1) is 0 Å². The molecule has 0 aromatic heterocycles. The largest absolute Gasteiger partial charge is 0.493 e. The van der Waals surface area contributed by atoms with Gasteiger partial charge in [-0.05, 0) is 50.3 Å². The molecule has 0 N–H and O–H groups in total. The predicted molar refractivity (Wildman–Crippen MR) is 118 cm³/mol. The maximum Gasteiger partial charge on any atom is 0.340 e. The van der Waals surface area contributed by atoms with E-state index in [1.54, 1.807) is 45.2 Å². The first-order valence-electron chi connectivity index (χ1n) is 9.34. The lowest BCUT2D eigenvalue weighted by Gasteiger charge is -2.18. The lowest BCUT2D eigenvalue weighted by molar-refractivity contribution is -0.138. The minimum Gasteiger partial charge on any atom is -0.493 e. The van der Waals surface area contributed by atoms with Gasteiger partial charge in [-0.3, -0.25) is 9.69 Å². The van der Waals surface area contributed by atoms with Crippen LogP contribution >= 0.6 is 15.9 Å². The van der Waals surface area contributed by atoms with Crippen molar-refractivity contribution in [3.8, 4) is 11.5 Å². The summed E-state index contributed by atoms with van der Waals surface area (Å²) in [5, 5.41) is 0. The fourth-order valence-corrected chi connectivity index (χ4v) is 3.63. The van der Waals surface area contributed by atoms with E-state index in [0.717, 1.165) is 4.47 Å². The number of ether oxygens (including phenoxy) is 3. The lowest BCUT2D eigenvalue weighted by atomic mass is 10.0. The Bertz CT molecular complexity index is 1040. The highest BCUT2D eigenvalue weighted by atomic mass is 79.9. The van der Waals surface area contributed by atoms with Gasteiger partial charge in [0, 0.05) is 21.4 Å². The average Bonchev–Trinajstić information content (AvgIpc) is 2.98. The van der Waals surface area contributed by atoms with E-state index in [1.165, 1.54) is 12.0 Å². The third kappa shape index (κ3) is 3.98. The monoisotopic (exact) mass is 471 g/mol. The summed E-state index contributed by atoms with van der Waals surface area (Å²) in [7, 11) is 3.07. The van der Waals surface area contributed by atoms with Gasteiger partial charge in [-0.1, -0.05) is 28.1 Å². The highest BCUT2D eigenvalue weighted by molar-refractivity contribution is 9.10. The molecular weight excluding hydrogens is 450 g/mol. The van der Waals surface area contributed by atoms with Gasteiger partial charge in [0.25, 0.3) is 5.91 Å². The summed E-state index contributed by atoms with van der Waals surface area (Å²) in [5.74, 6) is 0.141. The number of nitrogens with zero attached hydrogens (tertiary/aromatic N) is 1. The Morgan fingerprint density at radius 2 is 1.80 bits per heavy atom. The molecule has 7 heteroatoms. The van der Waals surface area contributed by atoms with Gasteiger partial charge >= 0.3 is 5.97 Å². The Labute approximate surface area is 183 Å². The number of hydrogen-bond acceptors (Lipinski definition) is 5. The molecule has 1 aliphatic rings. The molecule has 0 atom stereocenters. The summed E-state index contributed by atoms with van der Waals surface area (Å²) in [6, 6.07) is 12.6. The number of halogens is 1. The molecule has 2 aromatic carbocycles. The molecule has 0 aliphatic carbocycles. The smallest absolute Gasteiger partial charge is 0.340 e. The van der Waals surface area contributed by atoms with E-state index in [0.29, 0.717) is 28.4 Å². The number of anilines is 1.